The molecule has 1 N–H and O–H groups in total. The molecular formula is C20H23NO5S. The van der Waals surface area contributed by atoms with Crippen molar-refractivity contribution in [2.24, 2.45) is 0 Å². The number of nitrogens with one attached hydrogen (secondary N) is 1. The summed E-state index contributed by atoms with van der Waals surface area (Å²) in [5, 5.41) is 3.15. The summed E-state index contributed by atoms with van der Waals surface area (Å²) in [6.45, 7) is 5.30. The van der Waals surface area contributed by atoms with Crippen LogP contribution in [0.4, 0.5) is 5.00 Å². The molecule has 1 atom stereocenters. The molecule has 0 saturated heterocycles. The summed E-state index contributed by atoms with van der Waals surface area (Å²) in [7, 11) is 0. The zero-order valence-electron chi connectivity index (χ0n) is 15.6. The molecule has 0 saturated carbocycles. The minimum absolute atomic E-state index is 0.286. The maximum Gasteiger partial charge on any atom is 0.348 e. The normalized spacial score (nSPS) is 11.5. The lowest BCUT2D eigenvalue weighted by Gasteiger charge is -2.14. The highest BCUT2D eigenvalue weighted by molar-refractivity contribution is 7.18. The Morgan fingerprint density at radius 3 is 2.44 bits per heavy atom. The van der Waals surface area contributed by atoms with Gasteiger partial charge < -0.3 is 14.8 Å². The van der Waals surface area contributed by atoms with Crippen LogP contribution in [-0.4, -0.2) is 31.1 Å². The van der Waals surface area contributed by atoms with Crippen LogP contribution in [0.15, 0.2) is 36.4 Å². The summed E-state index contributed by atoms with van der Waals surface area (Å²) in [5.41, 5.74) is 1.58. The number of anilines is 1. The van der Waals surface area contributed by atoms with Crippen molar-refractivity contribution in [2.75, 3.05) is 18.5 Å². The number of carbonyl (C=O) groups excluding carboxylic acids is 3. The van der Waals surface area contributed by atoms with E-state index in [-0.39, 0.29) is 13.2 Å². The molecule has 0 aliphatic rings. The van der Waals surface area contributed by atoms with Crippen molar-refractivity contribution in [3.05, 3.63) is 52.4 Å². The Morgan fingerprint density at radius 2 is 1.81 bits per heavy atom. The SMILES string of the molecule is CCOC(=O)c1sc(NC(=O)COC(=O)C(CC)c2ccccc2)cc1C. The molecular weight excluding hydrogens is 366 g/mol. The lowest BCUT2D eigenvalue weighted by atomic mass is 9.97. The maximum atomic E-state index is 12.3. The molecule has 0 spiro atoms. The highest BCUT2D eigenvalue weighted by Gasteiger charge is 2.21. The van der Waals surface area contributed by atoms with E-state index < -0.39 is 23.8 Å². The van der Waals surface area contributed by atoms with Crippen LogP contribution in [0.2, 0.25) is 0 Å². The second-order valence-electron chi connectivity index (χ2n) is 5.87. The number of hydrogen-bond donors (Lipinski definition) is 1. The van der Waals surface area contributed by atoms with Gasteiger partial charge in [-0.15, -0.1) is 11.3 Å². The lowest BCUT2D eigenvalue weighted by Crippen LogP contribution is -2.23. The Morgan fingerprint density at radius 1 is 1.11 bits per heavy atom. The first kappa shape index (κ1) is 20.6. The van der Waals surface area contributed by atoms with Gasteiger partial charge in [0.25, 0.3) is 5.91 Å². The van der Waals surface area contributed by atoms with E-state index in [0.29, 0.717) is 16.3 Å². The van der Waals surface area contributed by atoms with Gasteiger partial charge in [-0.1, -0.05) is 37.3 Å². The summed E-state index contributed by atoms with van der Waals surface area (Å²) in [5.74, 6) is -1.71. The van der Waals surface area contributed by atoms with Gasteiger partial charge in [0.05, 0.1) is 17.5 Å². The third kappa shape index (κ3) is 5.65. The Balaban J connectivity index is 1.91. The number of esters is 2. The van der Waals surface area contributed by atoms with Crippen LogP contribution in [0.5, 0.6) is 0 Å². The molecule has 6 nitrogen and oxygen atoms in total. The second kappa shape index (κ2) is 9.87. The molecule has 144 valence electrons. The molecule has 0 aliphatic carbocycles. The highest BCUT2D eigenvalue weighted by Crippen LogP contribution is 2.27. The number of benzene rings is 1. The summed E-state index contributed by atoms with van der Waals surface area (Å²) >= 11 is 1.13. The molecule has 1 unspecified atom stereocenters. The van der Waals surface area contributed by atoms with Crippen LogP contribution in [0.3, 0.4) is 0 Å². The molecule has 0 radical (unpaired) electrons. The van der Waals surface area contributed by atoms with Crippen molar-refractivity contribution in [2.45, 2.75) is 33.1 Å². The average molecular weight is 389 g/mol. The van der Waals surface area contributed by atoms with E-state index in [9.17, 15) is 14.4 Å². The van der Waals surface area contributed by atoms with E-state index in [1.807, 2.05) is 37.3 Å². The number of amides is 1. The van der Waals surface area contributed by atoms with Gasteiger partial charge >= 0.3 is 11.9 Å². The first-order valence-electron chi connectivity index (χ1n) is 8.75. The predicted molar refractivity (Wildman–Crippen MR) is 104 cm³/mol. The molecule has 1 heterocycles. The van der Waals surface area contributed by atoms with Gasteiger partial charge in [-0.2, -0.15) is 0 Å². The van der Waals surface area contributed by atoms with Gasteiger partial charge in [-0.3, -0.25) is 9.59 Å². The van der Waals surface area contributed by atoms with E-state index in [0.717, 1.165) is 22.5 Å². The Kier molecular flexibility index (Phi) is 7.55. The summed E-state index contributed by atoms with van der Waals surface area (Å²) in [6.07, 6.45) is 0.581. The molecule has 1 amide bonds. The zero-order valence-corrected chi connectivity index (χ0v) is 16.4. The first-order chi connectivity index (χ1) is 13.0. The fourth-order valence-corrected chi connectivity index (χ4v) is 3.56. The second-order valence-corrected chi connectivity index (χ2v) is 6.92. The number of carbonyl (C=O) groups is 3. The predicted octanol–water partition coefficient (Wildman–Crippen LogP) is 3.91. The van der Waals surface area contributed by atoms with Crippen molar-refractivity contribution >= 4 is 34.2 Å². The molecule has 7 heteroatoms. The third-order valence-corrected chi connectivity index (χ3v) is 5.01. The van der Waals surface area contributed by atoms with Crippen molar-refractivity contribution in [3.8, 4) is 0 Å². The average Bonchev–Trinajstić information content (AvgIpc) is 3.02. The quantitative estimate of drug-likeness (QED) is 0.692. The number of thiophene rings is 1. The molecule has 27 heavy (non-hydrogen) atoms. The van der Waals surface area contributed by atoms with E-state index >= 15 is 0 Å². The highest BCUT2D eigenvalue weighted by atomic mass is 32.1. The zero-order chi connectivity index (χ0) is 19.8. The van der Waals surface area contributed by atoms with Gasteiger partial charge in [0, 0.05) is 0 Å². The van der Waals surface area contributed by atoms with Crippen molar-refractivity contribution in [3.63, 3.8) is 0 Å². The number of rotatable bonds is 8. The van der Waals surface area contributed by atoms with Crippen molar-refractivity contribution < 1.29 is 23.9 Å². The van der Waals surface area contributed by atoms with Crippen LogP contribution in [0.1, 0.15) is 47.0 Å². The van der Waals surface area contributed by atoms with Crippen molar-refractivity contribution in [1.29, 1.82) is 0 Å². The number of aryl methyl sites for hydroxylation is 1. The molecule has 0 fully saturated rings. The van der Waals surface area contributed by atoms with Gasteiger partial charge in [0.1, 0.15) is 4.88 Å². The topological polar surface area (TPSA) is 81.7 Å². The summed E-state index contributed by atoms with van der Waals surface area (Å²) in [4.78, 5) is 36.6. The first-order valence-corrected chi connectivity index (χ1v) is 9.56. The van der Waals surface area contributed by atoms with Crippen LogP contribution in [0, 0.1) is 6.92 Å². The third-order valence-electron chi connectivity index (χ3n) is 3.88. The Labute approximate surface area is 162 Å². The van der Waals surface area contributed by atoms with Crippen LogP contribution in [0.25, 0.3) is 0 Å². The molecule has 2 aromatic rings. The van der Waals surface area contributed by atoms with E-state index in [2.05, 4.69) is 5.32 Å². The summed E-state index contributed by atoms with van der Waals surface area (Å²) in [6, 6.07) is 11.0. The van der Waals surface area contributed by atoms with Gasteiger partial charge in [0.15, 0.2) is 6.61 Å². The van der Waals surface area contributed by atoms with Gasteiger partial charge in [-0.05, 0) is 37.5 Å². The van der Waals surface area contributed by atoms with Crippen LogP contribution >= 0.6 is 11.3 Å². The van der Waals surface area contributed by atoms with E-state index in [1.54, 1.807) is 19.9 Å². The minimum Gasteiger partial charge on any atom is -0.462 e. The molecule has 1 aromatic heterocycles. The maximum absolute atomic E-state index is 12.3. The van der Waals surface area contributed by atoms with E-state index in [1.165, 1.54) is 0 Å². The lowest BCUT2D eigenvalue weighted by molar-refractivity contribution is -0.149. The molecule has 2 rings (SSSR count). The fraction of sp³-hybridized carbons (Fsp3) is 0.350. The standard InChI is InChI=1S/C20H23NO5S/c1-4-15(14-9-7-6-8-10-14)19(23)26-12-16(22)21-17-11-13(3)18(27-17)20(24)25-5-2/h6-11,15H,4-5,12H2,1-3H3,(H,21,22). The Bertz CT molecular complexity index is 800. The Hall–Kier alpha value is -2.67. The monoisotopic (exact) mass is 389 g/mol. The number of hydrogen-bond acceptors (Lipinski definition) is 6. The van der Waals surface area contributed by atoms with Gasteiger partial charge in [0.2, 0.25) is 0 Å². The van der Waals surface area contributed by atoms with Crippen LogP contribution < -0.4 is 5.32 Å². The fourth-order valence-electron chi connectivity index (χ4n) is 2.58. The smallest absolute Gasteiger partial charge is 0.348 e. The molecule has 0 bridgehead atoms. The van der Waals surface area contributed by atoms with E-state index in [4.69, 9.17) is 9.47 Å². The molecule has 0 aliphatic heterocycles. The molecule has 1 aromatic carbocycles. The minimum atomic E-state index is -0.456. The summed E-state index contributed by atoms with van der Waals surface area (Å²) < 4.78 is 10.1. The largest absolute Gasteiger partial charge is 0.462 e. The van der Waals surface area contributed by atoms with Gasteiger partial charge in [-0.25, -0.2) is 4.79 Å². The van der Waals surface area contributed by atoms with Crippen molar-refractivity contribution in [1.82, 2.24) is 0 Å². The van der Waals surface area contributed by atoms with Crippen LogP contribution in [-0.2, 0) is 19.1 Å². The number of ether oxygens (including phenoxy) is 2.